The third-order valence-electron chi connectivity index (χ3n) is 6.45. The van der Waals surface area contributed by atoms with Crippen LogP contribution in [-0.4, -0.2) is 55.2 Å². The molecule has 0 spiro atoms. The van der Waals surface area contributed by atoms with Gasteiger partial charge in [0.1, 0.15) is 12.3 Å². The number of carbonyl (C=O) groups excluding carboxylic acids is 4. The summed E-state index contributed by atoms with van der Waals surface area (Å²) in [5, 5.41) is 5.18. The minimum absolute atomic E-state index is 0.139. The second kappa shape index (κ2) is 14.0. The van der Waals surface area contributed by atoms with Crippen LogP contribution < -0.4 is 24.8 Å². The highest BCUT2D eigenvalue weighted by molar-refractivity contribution is 9.10. The quantitative estimate of drug-likeness (QED) is 0.234. The van der Waals surface area contributed by atoms with Crippen molar-refractivity contribution < 1.29 is 33.4 Å². The summed E-state index contributed by atoms with van der Waals surface area (Å²) in [6, 6.07) is 13.2. The van der Waals surface area contributed by atoms with E-state index in [1.54, 1.807) is 30.3 Å². The van der Waals surface area contributed by atoms with Gasteiger partial charge in [-0.15, -0.1) is 0 Å². The molecule has 0 unspecified atom stereocenters. The first-order valence-corrected chi connectivity index (χ1v) is 14.7. The topological polar surface area (TPSA) is 123 Å². The summed E-state index contributed by atoms with van der Waals surface area (Å²) in [6.07, 6.45) is 1.52. The average Bonchev–Trinajstić information content (AvgIpc) is 3.23. The summed E-state index contributed by atoms with van der Waals surface area (Å²) in [7, 11) is 2.92. The molecule has 1 fully saturated rings. The Bertz CT molecular complexity index is 1650. The molecule has 10 nitrogen and oxygen atoms in total. The fourth-order valence-electron chi connectivity index (χ4n) is 4.02. The Balaban J connectivity index is 1.38. The van der Waals surface area contributed by atoms with E-state index in [-0.39, 0.29) is 17.4 Å². The van der Waals surface area contributed by atoms with Crippen molar-refractivity contribution in [2.75, 3.05) is 38.0 Å². The number of hydrogen-bond acceptors (Lipinski definition) is 8. The maximum Gasteiger partial charge on any atom is 0.294 e. The van der Waals surface area contributed by atoms with Crippen molar-refractivity contribution in [3.63, 3.8) is 0 Å². The molecule has 0 saturated carbocycles. The predicted molar refractivity (Wildman–Crippen MR) is 170 cm³/mol. The van der Waals surface area contributed by atoms with E-state index in [1.165, 1.54) is 26.4 Å². The molecule has 13 heteroatoms. The molecule has 0 atom stereocenters. The number of nitrogens with one attached hydrogen (secondary N) is 2. The second-order valence-electron chi connectivity index (χ2n) is 9.26. The molecule has 4 rings (SSSR count). The van der Waals surface area contributed by atoms with Gasteiger partial charge in [0, 0.05) is 15.8 Å². The number of anilines is 2. The number of carbonyl (C=O) groups is 4. The van der Waals surface area contributed by atoms with E-state index in [0.29, 0.717) is 39.2 Å². The van der Waals surface area contributed by atoms with Gasteiger partial charge in [0.25, 0.3) is 17.1 Å². The number of methoxy groups -OCH3 is 2. The van der Waals surface area contributed by atoms with Crippen LogP contribution in [0, 0.1) is 13.8 Å². The lowest BCUT2D eigenvalue weighted by molar-refractivity contribution is -0.127. The van der Waals surface area contributed by atoms with E-state index in [4.69, 9.17) is 25.8 Å². The molecule has 1 aliphatic heterocycles. The van der Waals surface area contributed by atoms with Crippen molar-refractivity contribution in [2.24, 2.45) is 0 Å². The summed E-state index contributed by atoms with van der Waals surface area (Å²) < 4.78 is 17.2. The molecule has 2 N–H and O–H groups in total. The van der Waals surface area contributed by atoms with Gasteiger partial charge in [-0.25, -0.2) is 0 Å². The molecule has 0 aromatic heterocycles. The monoisotopic (exact) mass is 687 g/mol. The number of rotatable bonds is 10. The summed E-state index contributed by atoms with van der Waals surface area (Å²) >= 11 is 10.3. The van der Waals surface area contributed by atoms with Crippen LogP contribution in [0.25, 0.3) is 6.08 Å². The van der Waals surface area contributed by atoms with Gasteiger partial charge in [-0.3, -0.25) is 24.1 Å². The number of nitrogens with zero attached hydrogens (tertiary/aromatic N) is 1. The molecular weight excluding hydrogens is 662 g/mol. The van der Waals surface area contributed by atoms with Gasteiger partial charge in [-0.2, -0.15) is 0 Å². The first kappa shape index (κ1) is 31.9. The Morgan fingerprint density at radius 3 is 2.35 bits per heavy atom. The number of imide groups is 1. The molecule has 0 bridgehead atoms. The van der Waals surface area contributed by atoms with Crippen molar-refractivity contribution in [1.29, 1.82) is 0 Å². The molecule has 1 aliphatic rings. The molecule has 1 saturated heterocycles. The summed E-state index contributed by atoms with van der Waals surface area (Å²) in [4.78, 5) is 51.6. The minimum Gasteiger partial charge on any atom is -0.495 e. The SMILES string of the molecule is COc1ccc(NC(=O)CN2C(=O)S/C(=C/c3ccc(OCC(=O)Nc4ccc(Br)c(C)c4C)c(OC)c3)C2=O)cc1Cl. The van der Waals surface area contributed by atoms with Crippen LogP contribution in [0.1, 0.15) is 16.7 Å². The van der Waals surface area contributed by atoms with Gasteiger partial charge in [-0.05, 0) is 90.8 Å². The fourth-order valence-corrected chi connectivity index (χ4v) is 5.55. The molecule has 3 aromatic rings. The number of ether oxygens (including phenoxy) is 3. The van der Waals surface area contributed by atoms with Gasteiger partial charge in [0.2, 0.25) is 5.91 Å². The molecule has 43 heavy (non-hydrogen) atoms. The van der Waals surface area contributed by atoms with Crippen LogP contribution in [0.3, 0.4) is 0 Å². The maximum atomic E-state index is 13.0. The molecule has 4 amide bonds. The van der Waals surface area contributed by atoms with Crippen LogP contribution in [-0.2, 0) is 14.4 Å². The van der Waals surface area contributed by atoms with Crippen molar-refractivity contribution in [3.8, 4) is 17.2 Å². The van der Waals surface area contributed by atoms with Crippen LogP contribution in [0.15, 0.2) is 57.9 Å². The highest BCUT2D eigenvalue weighted by Gasteiger charge is 2.36. The Kier molecular flexibility index (Phi) is 10.4. The average molecular weight is 689 g/mol. The van der Waals surface area contributed by atoms with E-state index in [1.807, 2.05) is 26.0 Å². The van der Waals surface area contributed by atoms with Crippen LogP contribution in [0.4, 0.5) is 16.2 Å². The fraction of sp³-hybridized carbons (Fsp3) is 0.200. The zero-order valence-corrected chi connectivity index (χ0v) is 26.7. The maximum absolute atomic E-state index is 13.0. The Labute approximate surface area is 265 Å². The van der Waals surface area contributed by atoms with Crippen LogP contribution in [0.5, 0.6) is 17.2 Å². The van der Waals surface area contributed by atoms with E-state index >= 15 is 0 Å². The summed E-state index contributed by atoms with van der Waals surface area (Å²) in [5.74, 6) is -0.422. The van der Waals surface area contributed by atoms with Gasteiger partial charge in [0.05, 0.1) is 24.1 Å². The number of hydrogen-bond donors (Lipinski definition) is 2. The number of thioether (sulfide) groups is 1. The minimum atomic E-state index is -0.604. The molecule has 224 valence electrons. The molecular formula is C30H27BrClN3O7S. The van der Waals surface area contributed by atoms with E-state index in [0.717, 1.165) is 32.3 Å². The molecule has 1 heterocycles. The lowest BCUT2D eigenvalue weighted by atomic mass is 10.1. The number of amides is 4. The van der Waals surface area contributed by atoms with E-state index in [2.05, 4.69) is 26.6 Å². The number of halogens is 2. The third kappa shape index (κ3) is 7.70. The Hall–Kier alpha value is -4.00. The standard InChI is InChI=1S/C30H27BrClN3O7S/c1-16-17(2)22(8-7-20(16)31)34-28(37)15-42-24-9-5-18(11-25(24)41-4)12-26-29(38)35(30(39)43-26)14-27(36)33-19-6-10-23(40-3)21(32)13-19/h5-13H,14-15H2,1-4H3,(H,33,36)(H,34,37)/b26-12+. The van der Waals surface area contributed by atoms with Gasteiger partial charge >= 0.3 is 0 Å². The first-order valence-electron chi connectivity index (χ1n) is 12.8. The van der Waals surface area contributed by atoms with Crippen molar-refractivity contribution in [1.82, 2.24) is 4.90 Å². The first-order chi connectivity index (χ1) is 20.5. The van der Waals surface area contributed by atoms with Crippen molar-refractivity contribution >= 4 is 79.7 Å². The predicted octanol–water partition coefficient (Wildman–Crippen LogP) is 6.43. The van der Waals surface area contributed by atoms with Crippen LogP contribution >= 0.6 is 39.3 Å². The highest BCUT2D eigenvalue weighted by Crippen LogP contribution is 2.35. The lowest BCUT2D eigenvalue weighted by Crippen LogP contribution is -2.36. The zero-order valence-electron chi connectivity index (χ0n) is 23.6. The zero-order chi connectivity index (χ0) is 31.3. The normalized spacial score (nSPS) is 13.7. The smallest absolute Gasteiger partial charge is 0.294 e. The van der Waals surface area contributed by atoms with Crippen LogP contribution in [0.2, 0.25) is 5.02 Å². The highest BCUT2D eigenvalue weighted by atomic mass is 79.9. The molecule has 0 aliphatic carbocycles. The van der Waals surface area contributed by atoms with E-state index < -0.39 is 23.6 Å². The third-order valence-corrected chi connectivity index (χ3v) is 8.51. The number of benzene rings is 3. The Morgan fingerprint density at radius 2 is 1.65 bits per heavy atom. The van der Waals surface area contributed by atoms with Crippen molar-refractivity contribution in [3.05, 3.63) is 79.6 Å². The largest absolute Gasteiger partial charge is 0.495 e. The van der Waals surface area contributed by atoms with Gasteiger partial charge < -0.3 is 24.8 Å². The summed E-state index contributed by atoms with van der Waals surface area (Å²) in [6.45, 7) is 3.15. The van der Waals surface area contributed by atoms with E-state index in [9.17, 15) is 19.2 Å². The van der Waals surface area contributed by atoms with Crippen molar-refractivity contribution in [2.45, 2.75) is 13.8 Å². The summed E-state index contributed by atoms with van der Waals surface area (Å²) in [5.41, 5.74) is 3.60. The second-order valence-corrected chi connectivity index (χ2v) is 11.5. The van der Waals surface area contributed by atoms with Gasteiger partial charge in [0.15, 0.2) is 18.1 Å². The lowest BCUT2D eigenvalue weighted by Gasteiger charge is -2.14. The Morgan fingerprint density at radius 1 is 0.930 bits per heavy atom. The molecule has 0 radical (unpaired) electrons. The van der Waals surface area contributed by atoms with Gasteiger partial charge in [-0.1, -0.05) is 33.6 Å². The molecule has 3 aromatic carbocycles.